The van der Waals surface area contributed by atoms with Crippen LogP contribution in [0.15, 0.2) is 18.2 Å². The van der Waals surface area contributed by atoms with Gasteiger partial charge in [-0.1, -0.05) is 6.92 Å². The number of cyclic esters (lactones) is 1. The number of benzene rings is 1. The fourth-order valence-corrected chi connectivity index (χ4v) is 2.16. The van der Waals surface area contributed by atoms with Crippen LogP contribution < -0.4 is 5.32 Å². The second-order valence-electron chi connectivity index (χ2n) is 5.02. The number of rotatable bonds is 1. The first-order valence-corrected chi connectivity index (χ1v) is 6.22. The quantitative estimate of drug-likeness (QED) is 0.787. The van der Waals surface area contributed by atoms with Crippen molar-refractivity contribution in [2.45, 2.75) is 25.4 Å². The lowest BCUT2D eigenvalue weighted by Crippen LogP contribution is -2.39. The Labute approximate surface area is 121 Å². The average Bonchev–Trinajstić information content (AvgIpc) is 2.39. The molecule has 1 saturated heterocycles. The molecule has 0 radical (unpaired) electrons. The van der Waals surface area contributed by atoms with Crippen molar-refractivity contribution in [2.24, 2.45) is 5.92 Å². The highest BCUT2D eigenvalue weighted by Gasteiger charge is 2.39. The summed E-state index contributed by atoms with van der Waals surface area (Å²) in [6, 6.07) is 1.20. The summed E-state index contributed by atoms with van der Waals surface area (Å²) in [6.45, 7) is 1.65. The van der Waals surface area contributed by atoms with Crippen molar-refractivity contribution in [1.82, 2.24) is 5.32 Å². The monoisotopic (exact) mass is 327 g/mol. The van der Waals surface area contributed by atoms with E-state index in [9.17, 15) is 31.1 Å². The predicted octanol–water partition coefficient (Wildman–Crippen LogP) is 4.14. The number of hydrogen-bond donors (Lipinski definition) is 1. The molecule has 3 nitrogen and oxygen atoms in total. The Morgan fingerprint density at radius 1 is 1.05 bits per heavy atom. The van der Waals surface area contributed by atoms with Crippen molar-refractivity contribution < 1.29 is 35.9 Å². The van der Waals surface area contributed by atoms with Crippen LogP contribution in [-0.2, 0) is 17.1 Å². The molecule has 1 amide bonds. The van der Waals surface area contributed by atoms with E-state index in [1.165, 1.54) is 0 Å². The van der Waals surface area contributed by atoms with E-state index in [1.807, 2.05) is 0 Å². The van der Waals surface area contributed by atoms with Crippen molar-refractivity contribution in [1.29, 1.82) is 0 Å². The second kappa shape index (κ2) is 5.36. The SMILES string of the molecule is C[C@@H]1CNC(=O)O[C@H]1c1cc(C(F)(F)F)cc(C(F)(F)F)c1. The number of hydrogen-bond acceptors (Lipinski definition) is 2. The molecule has 1 aliphatic heterocycles. The van der Waals surface area contributed by atoms with Gasteiger partial charge < -0.3 is 10.1 Å². The molecule has 0 saturated carbocycles. The Morgan fingerprint density at radius 2 is 1.55 bits per heavy atom. The van der Waals surface area contributed by atoms with Gasteiger partial charge in [0.05, 0.1) is 11.1 Å². The largest absolute Gasteiger partial charge is 0.441 e. The molecule has 0 unspecified atom stereocenters. The van der Waals surface area contributed by atoms with Crippen LogP contribution in [0, 0.1) is 5.92 Å². The van der Waals surface area contributed by atoms with E-state index < -0.39 is 41.6 Å². The van der Waals surface area contributed by atoms with Crippen LogP contribution >= 0.6 is 0 Å². The van der Waals surface area contributed by atoms with E-state index >= 15 is 0 Å². The number of nitrogens with one attached hydrogen (secondary N) is 1. The zero-order chi connectivity index (χ0) is 16.7. The van der Waals surface area contributed by atoms with Gasteiger partial charge in [-0.3, -0.25) is 0 Å². The van der Waals surface area contributed by atoms with Crippen LogP contribution in [0.1, 0.15) is 29.7 Å². The molecule has 122 valence electrons. The fraction of sp³-hybridized carbons (Fsp3) is 0.462. The smallest absolute Gasteiger partial charge is 0.416 e. The zero-order valence-corrected chi connectivity index (χ0v) is 11.2. The van der Waals surface area contributed by atoms with Gasteiger partial charge in [0, 0.05) is 12.5 Å². The van der Waals surface area contributed by atoms with Crippen LogP contribution in [0.25, 0.3) is 0 Å². The van der Waals surface area contributed by atoms with Crippen molar-refractivity contribution >= 4 is 6.09 Å². The molecule has 1 aromatic rings. The van der Waals surface area contributed by atoms with Gasteiger partial charge in [0.15, 0.2) is 0 Å². The van der Waals surface area contributed by atoms with Crippen LogP contribution in [0.4, 0.5) is 31.1 Å². The van der Waals surface area contributed by atoms with E-state index in [0.29, 0.717) is 12.1 Å². The number of ether oxygens (including phenoxy) is 1. The molecular weight excluding hydrogens is 316 g/mol. The standard InChI is InChI=1S/C13H11F6NO2/c1-6-5-20-11(21)22-10(6)7-2-8(12(14,15)16)4-9(3-7)13(17,18)19/h2-4,6,10H,5H2,1H3,(H,20,21)/t6-,10-/m1/s1. The minimum Gasteiger partial charge on any atom is -0.441 e. The van der Waals surface area contributed by atoms with Gasteiger partial charge in [0.25, 0.3) is 0 Å². The zero-order valence-electron chi connectivity index (χ0n) is 11.2. The summed E-state index contributed by atoms with van der Waals surface area (Å²) in [5.74, 6) is -0.470. The number of amides is 1. The maximum absolute atomic E-state index is 12.8. The molecule has 0 spiro atoms. The second-order valence-corrected chi connectivity index (χ2v) is 5.02. The summed E-state index contributed by atoms with van der Waals surface area (Å²) < 4.78 is 81.6. The number of carbonyl (C=O) groups excluding carboxylic acids is 1. The Bertz CT molecular complexity index is 549. The first-order chi connectivity index (χ1) is 9.98. The third-order valence-corrected chi connectivity index (χ3v) is 3.26. The summed E-state index contributed by atoms with van der Waals surface area (Å²) >= 11 is 0. The number of alkyl halides is 6. The van der Waals surface area contributed by atoms with E-state index in [2.05, 4.69) is 5.32 Å². The van der Waals surface area contributed by atoms with E-state index in [-0.39, 0.29) is 18.2 Å². The fourth-order valence-electron chi connectivity index (χ4n) is 2.16. The molecular formula is C13H11F6NO2. The molecule has 1 aromatic carbocycles. The van der Waals surface area contributed by atoms with E-state index in [0.717, 1.165) is 0 Å². The van der Waals surface area contributed by atoms with Gasteiger partial charge in [-0.15, -0.1) is 0 Å². The third kappa shape index (κ3) is 3.45. The number of halogens is 6. The molecule has 0 bridgehead atoms. The molecule has 1 heterocycles. The Kier molecular flexibility index (Phi) is 4.01. The normalized spacial score (nSPS) is 23.0. The highest BCUT2D eigenvalue weighted by Crippen LogP contribution is 2.39. The summed E-state index contributed by atoms with van der Waals surface area (Å²) in [4.78, 5) is 11.2. The van der Waals surface area contributed by atoms with Crippen LogP contribution in [-0.4, -0.2) is 12.6 Å². The molecule has 1 aliphatic rings. The lowest BCUT2D eigenvalue weighted by molar-refractivity contribution is -0.143. The highest BCUT2D eigenvalue weighted by atomic mass is 19.4. The summed E-state index contributed by atoms with van der Waals surface area (Å²) in [5.41, 5.74) is -3.19. The highest BCUT2D eigenvalue weighted by molar-refractivity contribution is 5.68. The lowest BCUT2D eigenvalue weighted by atomic mass is 9.93. The van der Waals surface area contributed by atoms with Crippen molar-refractivity contribution in [3.8, 4) is 0 Å². The van der Waals surface area contributed by atoms with Crippen LogP contribution in [0.2, 0.25) is 0 Å². The third-order valence-electron chi connectivity index (χ3n) is 3.26. The van der Waals surface area contributed by atoms with Gasteiger partial charge in [0.1, 0.15) is 6.10 Å². The molecule has 2 rings (SSSR count). The van der Waals surface area contributed by atoms with Gasteiger partial charge in [-0.2, -0.15) is 26.3 Å². The summed E-state index contributed by atoms with van der Waals surface area (Å²) in [5, 5.41) is 2.32. The van der Waals surface area contributed by atoms with Gasteiger partial charge in [0.2, 0.25) is 0 Å². The lowest BCUT2D eigenvalue weighted by Gasteiger charge is -2.30. The van der Waals surface area contributed by atoms with Crippen LogP contribution in [0.3, 0.4) is 0 Å². The summed E-state index contributed by atoms with van der Waals surface area (Å²) in [7, 11) is 0. The Hall–Kier alpha value is -1.93. The number of alkyl carbamates (subject to hydrolysis) is 1. The first-order valence-electron chi connectivity index (χ1n) is 6.22. The van der Waals surface area contributed by atoms with E-state index in [1.54, 1.807) is 6.92 Å². The molecule has 1 fully saturated rings. The van der Waals surface area contributed by atoms with Crippen molar-refractivity contribution in [3.05, 3.63) is 34.9 Å². The maximum Gasteiger partial charge on any atom is 0.416 e. The predicted molar refractivity (Wildman–Crippen MR) is 62.8 cm³/mol. The van der Waals surface area contributed by atoms with Gasteiger partial charge >= 0.3 is 18.4 Å². The Morgan fingerprint density at radius 3 is 2.00 bits per heavy atom. The van der Waals surface area contributed by atoms with E-state index in [4.69, 9.17) is 4.74 Å². The molecule has 2 atom stereocenters. The first kappa shape index (κ1) is 16.4. The van der Waals surface area contributed by atoms with Gasteiger partial charge in [-0.05, 0) is 23.8 Å². The number of carbonyl (C=O) groups is 1. The summed E-state index contributed by atoms with van der Waals surface area (Å²) in [6.07, 6.45) is -11.9. The molecule has 22 heavy (non-hydrogen) atoms. The van der Waals surface area contributed by atoms with Crippen molar-refractivity contribution in [3.63, 3.8) is 0 Å². The Balaban J connectivity index is 2.52. The molecule has 0 aromatic heterocycles. The molecule has 9 heteroatoms. The van der Waals surface area contributed by atoms with Crippen LogP contribution in [0.5, 0.6) is 0 Å². The van der Waals surface area contributed by atoms with Crippen molar-refractivity contribution in [2.75, 3.05) is 6.54 Å². The molecule has 1 N–H and O–H groups in total. The minimum atomic E-state index is -4.93. The molecule has 0 aliphatic carbocycles. The van der Waals surface area contributed by atoms with Gasteiger partial charge in [-0.25, -0.2) is 4.79 Å². The average molecular weight is 327 g/mol. The maximum atomic E-state index is 12.8. The minimum absolute atomic E-state index is 0.0388. The topological polar surface area (TPSA) is 38.3 Å².